The van der Waals surface area contributed by atoms with Crippen molar-refractivity contribution >= 4 is 40.9 Å². The monoisotopic (exact) mass is 415 g/mol. The number of amides is 1. The van der Waals surface area contributed by atoms with Crippen molar-refractivity contribution in [2.24, 2.45) is 0 Å². The van der Waals surface area contributed by atoms with Crippen LogP contribution in [0.1, 0.15) is 5.56 Å². The predicted octanol–water partition coefficient (Wildman–Crippen LogP) is 4.26. The van der Waals surface area contributed by atoms with Crippen molar-refractivity contribution in [3.63, 3.8) is 0 Å². The number of rotatable bonds is 4. The molecule has 0 bridgehead atoms. The fourth-order valence-corrected chi connectivity index (χ4v) is 3.57. The highest BCUT2D eigenvalue weighted by Crippen LogP contribution is 2.27. The summed E-state index contributed by atoms with van der Waals surface area (Å²) in [7, 11) is 1.63. The summed E-state index contributed by atoms with van der Waals surface area (Å²) in [4.78, 5) is 16.7. The molecular formula is C21H19Cl2N3O2. The molecule has 1 amide bonds. The summed E-state index contributed by atoms with van der Waals surface area (Å²) in [5.74, 6) is 0.493. The quantitative estimate of drug-likeness (QED) is 0.552. The molecule has 7 heteroatoms. The zero-order chi connectivity index (χ0) is 20.1. The molecule has 0 aliphatic carbocycles. The van der Waals surface area contributed by atoms with Gasteiger partial charge in [0, 0.05) is 47.5 Å². The molecule has 1 saturated heterocycles. The molecule has 0 spiro atoms. The van der Waals surface area contributed by atoms with Crippen molar-refractivity contribution in [3.05, 3.63) is 63.6 Å². The van der Waals surface area contributed by atoms with Gasteiger partial charge in [0.2, 0.25) is 0 Å². The molecule has 28 heavy (non-hydrogen) atoms. The van der Waals surface area contributed by atoms with Crippen LogP contribution in [-0.4, -0.2) is 44.1 Å². The van der Waals surface area contributed by atoms with Gasteiger partial charge < -0.3 is 14.5 Å². The second-order valence-corrected chi connectivity index (χ2v) is 7.10. The molecule has 1 fully saturated rings. The highest BCUT2D eigenvalue weighted by Gasteiger charge is 2.24. The number of methoxy groups -OCH3 is 1. The zero-order valence-electron chi connectivity index (χ0n) is 15.4. The van der Waals surface area contributed by atoms with E-state index >= 15 is 0 Å². The number of carbonyl (C=O) groups excluding carboxylic acids is 1. The summed E-state index contributed by atoms with van der Waals surface area (Å²) in [5.41, 5.74) is 1.58. The summed E-state index contributed by atoms with van der Waals surface area (Å²) in [6, 6.07) is 14.9. The summed E-state index contributed by atoms with van der Waals surface area (Å²) < 4.78 is 5.18. The summed E-state index contributed by atoms with van der Waals surface area (Å²) >= 11 is 12.3. The molecule has 1 aliphatic heterocycles. The molecule has 0 radical (unpaired) electrons. The van der Waals surface area contributed by atoms with Gasteiger partial charge in [-0.15, -0.1) is 0 Å². The van der Waals surface area contributed by atoms with Crippen LogP contribution in [0.2, 0.25) is 10.0 Å². The predicted molar refractivity (Wildman–Crippen MR) is 112 cm³/mol. The number of hydrogen-bond acceptors (Lipinski definition) is 4. The number of ether oxygens (including phenoxy) is 1. The third-order valence-corrected chi connectivity index (χ3v) is 5.30. The van der Waals surface area contributed by atoms with E-state index in [4.69, 9.17) is 27.9 Å². The van der Waals surface area contributed by atoms with Crippen LogP contribution < -0.4 is 9.64 Å². The molecular weight excluding hydrogens is 397 g/mol. The van der Waals surface area contributed by atoms with Crippen molar-refractivity contribution in [3.8, 4) is 11.8 Å². The van der Waals surface area contributed by atoms with Crippen molar-refractivity contribution in [2.45, 2.75) is 0 Å². The average Bonchev–Trinajstić information content (AvgIpc) is 2.73. The highest BCUT2D eigenvalue weighted by atomic mass is 35.5. The second-order valence-electron chi connectivity index (χ2n) is 6.28. The van der Waals surface area contributed by atoms with E-state index in [0.717, 1.165) is 11.4 Å². The number of benzene rings is 2. The lowest BCUT2D eigenvalue weighted by atomic mass is 10.1. The van der Waals surface area contributed by atoms with Crippen molar-refractivity contribution in [1.82, 2.24) is 4.90 Å². The van der Waals surface area contributed by atoms with Crippen LogP contribution in [-0.2, 0) is 4.79 Å². The fraction of sp³-hybridized carbons (Fsp3) is 0.238. The fourth-order valence-electron chi connectivity index (χ4n) is 3.07. The van der Waals surface area contributed by atoms with Crippen LogP contribution in [0.5, 0.6) is 5.75 Å². The van der Waals surface area contributed by atoms with Gasteiger partial charge in [0.15, 0.2) is 0 Å². The van der Waals surface area contributed by atoms with Gasteiger partial charge in [0.25, 0.3) is 5.91 Å². The van der Waals surface area contributed by atoms with Gasteiger partial charge in [0.1, 0.15) is 17.4 Å². The SMILES string of the molecule is COc1ccc(N2CCN(C(=O)/C(C#N)=C/c3c(Cl)cccc3Cl)CC2)cc1. The van der Waals surface area contributed by atoms with Crippen molar-refractivity contribution in [2.75, 3.05) is 38.2 Å². The van der Waals surface area contributed by atoms with E-state index in [9.17, 15) is 10.1 Å². The van der Waals surface area contributed by atoms with E-state index in [2.05, 4.69) is 4.90 Å². The third-order valence-electron chi connectivity index (χ3n) is 4.64. The van der Waals surface area contributed by atoms with Gasteiger partial charge in [-0.1, -0.05) is 29.3 Å². The molecule has 0 saturated carbocycles. The molecule has 3 rings (SSSR count). The maximum absolute atomic E-state index is 12.8. The smallest absolute Gasteiger partial charge is 0.264 e. The topological polar surface area (TPSA) is 56.6 Å². The van der Waals surface area contributed by atoms with E-state index in [1.54, 1.807) is 30.2 Å². The van der Waals surface area contributed by atoms with Crippen LogP contribution in [0.15, 0.2) is 48.0 Å². The molecule has 2 aromatic rings. The molecule has 0 N–H and O–H groups in total. The Kier molecular flexibility index (Phi) is 6.45. The molecule has 1 heterocycles. The maximum Gasteiger partial charge on any atom is 0.264 e. The van der Waals surface area contributed by atoms with Gasteiger partial charge in [-0.2, -0.15) is 5.26 Å². The first-order chi connectivity index (χ1) is 13.5. The molecule has 144 valence electrons. The number of anilines is 1. The minimum Gasteiger partial charge on any atom is -0.497 e. The van der Waals surface area contributed by atoms with E-state index in [1.807, 2.05) is 30.3 Å². The van der Waals surface area contributed by atoms with E-state index in [-0.39, 0.29) is 11.5 Å². The Bertz CT molecular complexity index is 907. The maximum atomic E-state index is 12.8. The Hall–Kier alpha value is -2.68. The number of halogens is 2. The Balaban J connectivity index is 1.69. The lowest BCUT2D eigenvalue weighted by Gasteiger charge is -2.36. The van der Waals surface area contributed by atoms with E-state index < -0.39 is 0 Å². The van der Waals surface area contributed by atoms with E-state index in [1.165, 1.54) is 6.08 Å². The standard InChI is InChI=1S/C21H19Cl2N3O2/c1-28-17-7-5-16(6-8-17)25-9-11-26(12-10-25)21(27)15(14-24)13-18-19(22)3-2-4-20(18)23/h2-8,13H,9-12H2,1H3/b15-13+. The summed E-state index contributed by atoms with van der Waals surface area (Å²) in [6.45, 7) is 2.42. The summed E-state index contributed by atoms with van der Waals surface area (Å²) in [6.07, 6.45) is 1.46. The molecule has 2 aromatic carbocycles. The minimum absolute atomic E-state index is 0.0212. The van der Waals surface area contributed by atoms with Gasteiger partial charge in [-0.3, -0.25) is 4.79 Å². The van der Waals surface area contributed by atoms with Gasteiger partial charge in [0.05, 0.1) is 7.11 Å². The largest absolute Gasteiger partial charge is 0.497 e. The van der Waals surface area contributed by atoms with Crippen molar-refractivity contribution in [1.29, 1.82) is 5.26 Å². The van der Waals surface area contributed by atoms with Crippen LogP contribution >= 0.6 is 23.2 Å². The lowest BCUT2D eigenvalue weighted by molar-refractivity contribution is -0.126. The van der Waals surface area contributed by atoms with Crippen LogP contribution in [0.3, 0.4) is 0 Å². The molecule has 5 nitrogen and oxygen atoms in total. The van der Waals surface area contributed by atoms with Gasteiger partial charge in [-0.05, 0) is 42.5 Å². The van der Waals surface area contributed by atoms with Crippen LogP contribution in [0, 0.1) is 11.3 Å². The van der Waals surface area contributed by atoms with Gasteiger partial charge >= 0.3 is 0 Å². The molecule has 0 unspecified atom stereocenters. The molecule has 0 atom stereocenters. The number of nitrogens with zero attached hydrogens (tertiary/aromatic N) is 3. The number of nitriles is 1. The molecule has 1 aliphatic rings. The summed E-state index contributed by atoms with van der Waals surface area (Å²) in [5, 5.41) is 10.3. The average molecular weight is 416 g/mol. The number of carbonyl (C=O) groups is 1. The molecule has 0 aromatic heterocycles. The highest BCUT2D eigenvalue weighted by molar-refractivity contribution is 6.37. The normalized spacial score (nSPS) is 14.6. The first-order valence-electron chi connectivity index (χ1n) is 8.77. The minimum atomic E-state index is -0.312. The number of hydrogen-bond donors (Lipinski definition) is 0. The second kappa shape index (κ2) is 9.01. The first kappa shape index (κ1) is 20.1. The first-order valence-corrected chi connectivity index (χ1v) is 9.53. The Labute approximate surface area is 174 Å². The van der Waals surface area contributed by atoms with Gasteiger partial charge in [-0.25, -0.2) is 0 Å². The Morgan fingerprint density at radius 2 is 1.68 bits per heavy atom. The Morgan fingerprint density at radius 1 is 1.07 bits per heavy atom. The third kappa shape index (κ3) is 4.41. The van der Waals surface area contributed by atoms with Crippen LogP contribution in [0.25, 0.3) is 6.08 Å². The van der Waals surface area contributed by atoms with Crippen molar-refractivity contribution < 1.29 is 9.53 Å². The Morgan fingerprint density at radius 3 is 2.21 bits per heavy atom. The lowest BCUT2D eigenvalue weighted by Crippen LogP contribution is -2.49. The zero-order valence-corrected chi connectivity index (χ0v) is 16.9. The number of piperazine rings is 1. The van der Waals surface area contributed by atoms with Crippen LogP contribution in [0.4, 0.5) is 5.69 Å². The van der Waals surface area contributed by atoms with E-state index in [0.29, 0.717) is 41.8 Å².